The Kier molecular flexibility index (Phi) is 3.91. The van der Waals surface area contributed by atoms with Crippen molar-refractivity contribution in [3.8, 4) is 0 Å². The highest BCUT2D eigenvalue weighted by Crippen LogP contribution is 2.18. The zero-order chi connectivity index (χ0) is 13.1. The number of carbonyl (C=O) groups is 1. The van der Waals surface area contributed by atoms with Crippen molar-refractivity contribution in [1.82, 2.24) is 10.2 Å². The van der Waals surface area contributed by atoms with Gasteiger partial charge >= 0.3 is 0 Å². The molecule has 0 bridgehead atoms. The van der Waals surface area contributed by atoms with E-state index in [-0.39, 0.29) is 0 Å². The van der Waals surface area contributed by atoms with Gasteiger partial charge in [-0.1, -0.05) is 6.07 Å². The van der Waals surface area contributed by atoms with E-state index in [0.29, 0.717) is 19.1 Å². The van der Waals surface area contributed by atoms with Crippen LogP contribution in [0.2, 0.25) is 0 Å². The van der Waals surface area contributed by atoms with Gasteiger partial charge in [-0.25, -0.2) is 8.78 Å². The molecule has 1 aromatic carbocycles. The summed E-state index contributed by atoms with van der Waals surface area (Å²) in [5.74, 6) is -2.15. The number of amides is 1. The van der Waals surface area contributed by atoms with Crippen LogP contribution in [-0.2, 0) is 0 Å². The SMILES string of the molecule is CNC1CCN(C(=O)c2c(F)cccc2F)CC1. The summed E-state index contributed by atoms with van der Waals surface area (Å²) in [6, 6.07) is 3.85. The summed E-state index contributed by atoms with van der Waals surface area (Å²) >= 11 is 0. The number of hydrogen-bond acceptors (Lipinski definition) is 2. The summed E-state index contributed by atoms with van der Waals surface area (Å²) in [6.07, 6.45) is 1.61. The zero-order valence-electron chi connectivity index (χ0n) is 10.2. The smallest absolute Gasteiger partial charge is 0.259 e. The topological polar surface area (TPSA) is 32.3 Å². The Hall–Kier alpha value is -1.49. The molecule has 2 rings (SSSR count). The van der Waals surface area contributed by atoms with Crippen molar-refractivity contribution in [2.24, 2.45) is 0 Å². The lowest BCUT2D eigenvalue weighted by Crippen LogP contribution is -2.44. The van der Waals surface area contributed by atoms with Crippen LogP contribution in [0.4, 0.5) is 8.78 Å². The molecule has 0 unspecified atom stereocenters. The average molecular weight is 254 g/mol. The van der Waals surface area contributed by atoms with Gasteiger partial charge in [-0.15, -0.1) is 0 Å². The van der Waals surface area contributed by atoms with Crippen LogP contribution in [0.25, 0.3) is 0 Å². The fraction of sp³-hybridized carbons (Fsp3) is 0.462. The predicted octanol–water partition coefficient (Wildman–Crippen LogP) is 1.79. The lowest BCUT2D eigenvalue weighted by atomic mass is 10.0. The molecule has 1 heterocycles. The van der Waals surface area contributed by atoms with E-state index in [0.717, 1.165) is 25.0 Å². The summed E-state index contributed by atoms with van der Waals surface area (Å²) in [7, 11) is 1.87. The van der Waals surface area contributed by atoms with Crippen LogP contribution in [0, 0.1) is 11.6 Å². The van der Waals surface area contributed by atoms with Crippen molar-refractivity contribution in [1.29, 1.82) is 0 Å². The minimum Gasteiger partial charge on any atom is -0.338 e. The van der Waals surface area contributed by atoms with Gasteiger partial charge in [0.15, 0.2) is 0 Å². The van der Waals surface area contributed by atoms with Gasteiger partial charge in [0.2, 0.25) is 0 Å². The van der Waals surface area contributed by atoms with Gasteiger partial charge in [0, 0.05) is 19.1 Å². The van der Waals surface area contributed by atoms with Crippen LogP contribution in [0.5, 0.6) is 0 Å². The van der Waals surface area contributed by atoms with Crippen LogP contribution < -0.4 is 5.32 Å². The van der Waals surface area contributed by atoms with Crippen molar-refractivity contribution < 1.29 is 13.6 Å². The van der Waals surface area contributed by atoms with Gasteiger partial charge in [-0.3, -0.25) is 4.79 Å². The highest BCUT2D eigenvalue weighted by Gasteiger charge is 2.26. The molecule has 5 heteroatoms. The number of halogens is 2. The zero-order valence-corrected chi connectivity index (χ0v) is 10.2. The van der Waals surface area contributed by atoms with Crippen LogP contribution in [0.15, 0.2) is 18.2 Å². The molecule has 0 saturated carbocycles. The molecule has 98 valence electrons. The fourth-order valence-corrected chi connectivity index (χ4v) is 2.23. The Labute approximate surface area is 105 Å². The van der Waals surface area contributed by atoms with E-state index >= 15 is 0 Å². The third-order valence-electron chi connectivity index (χ3n) is 3.37. The maximum absolute atomic E-state index is 13.5. The van der Waals surface area contributed by atoms with E-state index in [1.54, 1.807) is 0 Å². The molecule has 0 spiro atoms. The molecular formula is C13H16F2N2O. The van der Waals surface area contributed by atoms with Gasteiger partial charge in [0.05, 0.1) is 0 Å². The largest absolute Gasteiger partial charge is 0.338 e. The minimum atomic E-state index is -0.796. The van der Waals surface area contributed by atoms with Crippen molar-refractivity contribution in [2.75, 3.05) is 20.1 Å². The molecule has 1 aliphatic heterocycles. The van der Waals surface area contributed by atoms with Crippen molar-refractivity contribution in [2.45, 2.75) is 18.9 Å². The van der Waals surface area contributed by atoms with Crippen LogP contribution in [0.1, 0.15) is 23.2 Å². The minimum absolute atomic E-state index is 0.375. The first-order valence-corrected chi connectivity index (χ1v) is 6.04. The van der Waals surface area contributed by atoms with Gasteiger partial charge < -0.3 is 10.2 Å². The van der Waals surface area contributed by atoms with Gasteiger partial charge in [0.1, 0.15) is 17.2 Å². The molecule has 3 nitrogen and oxygen atoms in total. The number of rotatable bonds is 2. The monoisotopic (exact) mass is 254 g/mol. The first-order chi connectivity index (χ1) is 8.63. The van der Waals surface area contributed by atoms with Crippen molar-refractivity contribution >= 4 is 5.91 Å². The Bertz CT molecular complexity index is 422. The van der Waals surface area contributed by atoms with Crippen molar-refractivity contribution in [3.05, 3.63) is 35.4 Å². The Morgan fingerprint density at radius 3 is 2.33 bits per heavy atom. The van der Waals surface area contributed by atoms with E-state index in [1.165, 1.54) is 11.0 Å². The summed E-state index contributed by atoms with van der Waals surface area (Å²) in [6.45, 7) is 1.05. The summed E-state index contributed by atoms with van der Waals surface area (Å²) in [4.78, 5) is 13.6. The molecule has 0 aliphatic carbocycles. The molecule has 1 aliphatic rings. The second-order valence-corrected chi connectivity index (χ2v) is 4.45. The van der Waals surface area contributed by atoms with Crippen LogP contribution in [0.3, 0.4) is 0 Å². The number of carbonyl (C=O) groups excluding carboxylic acids is 1. The number of nitrogens with zero attached hydrogens (tertiary/aromatic N) is 1. The molecule has 1 aromatic rings. The lowest BCUT2D eigenvalue weighted by Gasteiger charge is -2.32. The standard InChI is InChI=1S/C13H16F2N2O/c1-16-9-5-7-17(8-6-9)13(18)12-10(14)3-2-4-11(12)15/h2-4,9,16H,5-8H2,1H3. The first-order valence-electron chi connectivity index (χ1n) is 6.04. The maximum Gasteiger partial charge on any atom is 0.259 e. The highest BCUT2D eigenvalue weighted by molar-refractivity contribution is 5.94. The molecule has 0 aromatic heterocycles. The fourth-order valence-electron chi connectivity index (χ4n) is 2.23. The van der Waals surface area contributed by atoms with Crippen LogP contribution in [-0.4, -0.2) is 37.0 Å². The summed E-state index contributed by atoms with van der Waals surface area (Å²) in [5, 5.41) is 3.14. The molecule has 1 N–H and O–H groups in total. The molecule has 1 amide bonds. The number of piperidine rings is 1. The van der Waals surface area contributed by atoms with Crippen molar-refractivity contribution in [3.63, 3.8) is 0 Å². The van der Waals surface area contributed by atoms with Gasteiger partial charge in [-0.05, 0) is 32.0 Å². The van der Waals surface area contributed by atoms with E-state index < -0.39 is 23.1 Å². The second kappa shape index (κ2) is 5.44. The van der Waals surface area contributed by atoms with E-state index in [1.807, 2.05) is 7.05 Å². The van der Waals surface area contributed by atoms with E-state index in [9.17, 15) is 13.6 Å². The molecule has 0 radical (unpaired) electrons. The third kappa shape index (κ3) is 2.51. The second-order valence-electron chi connectivity index (χ2n) is 4.45. The first kappa shape index (κ1) is 13.0. The molecule has 1 fully saturated rings. The summed E-state index contributed by atoms with van der Waals surface area (Å²) < 4.78 is 27.0. The number of benzene rings is 1. The predicted molar refractivity (Wildman–Crippen MR) is 64.3 cm³/mol. The molecule has 18 heavy (non-hydrogen) atoms. The number of nitrogens with one attached hydrogen (secondary N) is 1. The quantitative estimate of drug-likeness (QED) is 0.872. The average Bonchev–Trinajstić information content (AvgIpc) is 2.38. The van der Waals surface area contributed by atoms with E-state index in [2.05, 4.69) is 5.32 Å². The maximum atomic E-state index is 13.5. The molecule has 1 saturated heterocycles. The normalized spacial score (nSPS) is 16.9. The highest BCUT2D eigenvalue weighted by atomic mass is 19.1. The van der Waals surface area contributed by atoms with Gasteiger partial charge in [0.25, 0.3) is 5.91 Å². The Morgan fingerprint density at radius 1 is 1.28 bits per heavy atom. The van der Waals surface area contributed by atoms with E-state index in [4.69, 9.17) is 0 Å². The van der Waals surface area contributed by atoms with Crippen LogP contribution >= 0.6 is 0 Å². The lowest BCUT2D eigenvalue weighted by molar-refractivity contribution is 0.0697. The third-order valence-corrected chi connectivity index (χ3v) is 3.37. The van der Waals surface area contributed by atoms with Gasteiger partial charge in [-0.2, -0.15) is 0 Å². The summed E-state index contributed by atoms with van der Waals surface area (Å²) in [5.41, 5.74) is -0.444. The molecule has 0 atom stereocenters. The Balaban J connectivity index is 2.13. The number of hydrogen-bond donors (Lipinski definition) is 1. The Morgan fingerprint density at radius 2 is 1.83 bits per heavy atom. The molecular weight excluding hydrogens is 238 g/mol. The number of likely N-dealkylation sites (tertiary alicyclic amines) is 1.